The van der Waals surface area contributed by atoms with Crippen molar-refractivity contribution < 1.29 is 28.7 Å². The van der Waals surface area contributed by atoms with Gasteiger partial charge in [0.2, 0.25) is 11.8 Å². The first-order valence-electron chi connectivity index (χ1n) is 20.1. The van der Waals surface area contributed by atoms with Crippen LogP contribution in [0.5, 0.6) is 0 Å². The molecule has 0 radical (unpaired) electrons. The summed E-state index contributed by atoms with van der Waals surface area (Å²) in [6.45, 7) is 15.1. The average Bonchev–Trinajstić information content (AvgIpc) is 4.01. The first kappa shape index (κ1) is 41.5. The SMILES string of the molecule is COC(=O)N[C@H](C(=O)N1CCC[C@H]1c1ncc(C2=CCC(C)(c3ccc(-c4cnc([C@@H]5CCCN5C(=O)[C@@H](NC(=O)OC)C(C)(C)C)[nH]4)cc3)CC2)[nH]1)C(C)(C)C. The lowest BCUT2D eigenvalue weighted by Crippen LogP contribution is -2.54. The van der Waals surface area contributed by atoms with Crippen LogP contribution in [0.25, 0.3) is 16.8 Å². The number of nitrogens with one attached hydrogen (secondary N) is 4. The number of rotatable bonds is 9. The first-order chi connectivity index (χ1) is 26.9. The molecule has 14 heteroatoms. The van der Waals surface area contributed by atoms with E-state index in [9.17, 15) is 19.2 Å². The summed E-state index contributed by atoms with van der Waals surface area (Å²) in [5, 5.41) is 5.50. The number of carbonyl (C=O) groups excluding carboxylic acids is 4. The number of imidazole rings is 2. The van der Waals surface area contributed by atoms with E-state index in [4.69, 9.17) is 19.4 Å². The Bertz CT molecular complexity index is 1970. The number of likely N-dealkylation sites (tertiary alicyclic amines) is 2. The molecule has 2 aromatic heterocycles. The molecule has 3 aromatic rings. The van der Waals surface area contributed by atoms with Gasteiger partial charge in [0.05, 0.1) is 50.1 Å². The number of methoxy groups -OCH3 is 2. The summed E-state index contributed by atoms with van der Waals surface area (Å²) in [6, 6.07) is 6.80. The predicted molar refractivity (Wildman–Crippen MR) is 217 cm³/mol. The molecule has 0 bridgehead atoms. The number of amides is 4. The molecular weight excluding hydrogens is 725 g/mol. The number of alkyl carbamates (subject to hydrolysis) is 2. The normalized spacial score (nSPS) is 22.4. The lowest BCUT2D eigenvalue weighted by Gasteiger charge is -2.35. The second-order valence-corrected chi connectivity index (χ2v) is 18.2. The molecule has 308 valence electrons. The Hall–Kier alpha value is -5.14. The number of aromatic nitrogens is 4. The molecule has 4 amide bonds. The molecule has 57 heavy (non-hydrogen) atoms. The third kappa shape index (κ3) is 8.89. The molecule has 1 aromatic carbocycles. The number of hydrogen-bond donors (Lipinski definition) is 4. The van der Waals surface area contributed by atoms with Crippen LogP contribution in [0.1, 0.15) is 128 Å². The van der Waals surface area contributed by atoms with Crippen LogP contribution in [-0.4, -0.2) is 93.1 Å². The zero-order valence-corrected chi connectivity index (χ0v) is 35.0. The van der Waals surface area contributed by atoms with Crippen LogP contribution in [0.4, 0.5) is 9.59 Å². The lowest BCUT2D eigenvalue weighted by atomic mass is 9.71. The molecule has 0 spiro atoms. The van der Waals surface area contributed by atoms with E-state index in [1.54, 1.807) is 0 Å². The van der Waals surface area contributed by atoms with Gasteiger partial charge in [-0.05, 0) is 77.9 Å². The van der Waals surface area contributed by atoms with E-state index in [-0.39, 0.29) is 29.3 Å². The molecule has 5 atom stereocenters. The molecule has 2 aliphatic heterocycles. The summed E-state index contributed by atoms with van der Waals surface area (Å²) in [5.74, 6) is 1.23. The molecule has 1 unspecified atom stereocenters. The Kier molecular flexibility index (Phi) is 11.9. The Balaban J connectivity index is 1.10. The number of benzene rings is 1. The molecule has 1 aliphatic carbocycles. The molecule has 2 fully saturated rings. The fourth-order valence-corrected chi connectivity index (χ4v) is 8.46. The lowest BCUT2D eigenvalue weighted by molar-refractivity contribution is -0.137. The second kappa shape index (κ2) is 16.4. The molecule has 0 saturated carbocycles. The van der Waals surface area contributed by atoms with Crippen molar-refractivity contribution in [2.75, 3.05) is 27.3 Å². The summed E-state index contributed by atoms with van der Waals surface area (Å²) < 4.78 is 9.63. The highest BCUT2D eigenvalue weighted by molar-refractivity contribution is 5.87. The highest BCUT2D eigenvalue weighted by Gasteiger charge is 2.43. The van der Waals surface area contributed by atoms with Gasteiger partial charge in [0.15, 0.2) is 0 Å². The van der Waals surface area contributed by atoms with Gasteiger partial charge in [-0.15, -0.1) is 0 Å². The summed E-state index contributed by atoms with van der Waals surface area (Å²) in [7, 11) is 2.60. The van der Waals surface area contributed by atoms with Crippen molar-refractivity contribution in [2.45, 2.75) is 123 Å². The number of H-pyrrole nitrogens is 2. The maximum absolute atomic E-state index is 13.8. The minimum atomic E-state index is -0.734. The van der Waals surface area contributed by atoms with Gasteiger partial charge in [-0.25, -0.2) is 19.6 Å². The van der Waals surface area contributed by atoms with Gasteiger partial charge in [-0.1, -0.05) is 78.8 Å². The van der Waals surface area contributed by atoms with Crippen LogP contribution in [-0.2, 0) is 24.5 Å². The number of carbonyl (C=O) groups is 4. The van der Waals surface area contributed by atoms with Gasteiger partial charge in [0, 0.05) is 13.1 Å². The van der Waals surface area contributed by atoms with Crippen LogP contribution in [0.3, 0.4) is 0 Å². The molecular formula is C43H60N8O6. The first-order valence-corrected chi connectivity index (χ1v) is 20.1. The zero-order valence-electron chi connectivity index (χ0n) is 35.0. The largest absolute Gasteiger partial charge is 0.453 e. The summed E-state index contributed by atoms with van der Waals surface area (Å²) >= 11 is 0. The summed E-state index contributed by atoms with van der Waals surface area (Å²) in [6.07, 6.45) is 10.8. The third-order valence-corrected chi connectivity index (χ3v) is 12.0. The van der Waals surface area contributed by atoms with Gasteiger partial charge < -0.3 is 39.9 Å². The van der Waals surface area contributed by atoms with E-state index in [0.29, 0.717) is 13.1 Å². The quantitative estimate of drug-likeness (QED) is 0.176. The van der Waals surface area contributed by atoms with E-state index in [1.807, 2.05) is 63.7 Å². The van der Waals surface area contributed by atoms with Crippen LogP contribution in [0.15, 0.2) is 42.7 Å². The second-order valence-electron chi connectivity index (χ2n) is 18.2. The molecule has 4 heterocycles. The highest BCUT2D eigenvalue weighted by atomic mass is 16.5. The minimum Gasteiger partial charge on any atom is -0.453 e. The number of hydrogen-bond acceptors (Lipinski definition) is 8. The van der Waals surface area contributed by atoms with Crippen molar-refractivity contribution in [3.63, 3.8) is 0 Å². The maximum atomic E-state index is 13.8. The molecule has 6 rings (SSSR count). The Morgan fingerprint density at radius 2 is 1.25 bits per heavy atom. The highest BCUT2D eigenvalue weighted by Crippen LogP contribution is 2.42. The Labute approximate surface area is 336 Å². The van der Waals surface area contributed by atoms with E-state index < -0.39 is 35.1 Å². The van der Waals surface area contributed by atoms with E-state index in [1.165, 1.54) is 25.4 Å². The number of ether oxygens (including phenoxy) is 2. The van der Waals surface area contributed by atoms with Gasteiger partial charge in [-0.3, -0.25) is 9.59 Å². The van der Waals surface area contributed by atoms with E-state index in [2.05, 4.69) is 57.9 Å². The van der Waals surface area contributed by atoms with Crippen LogP contribution < -0.4 is 10.6 Å². The van der Waals surface area contributed by atoms with Crippen molar-refractivity contribution in [3.8, 4) is 11.3 Å². The fourth-order valence-electron chi connectivity index (χ4n) is 8.46. The van der Waals surface area contributed by atoms with Gasteiger partial charge in [-0.2, -0.15) is 0 Å². The van der Waals surface area contributed by atoms with Gasteiger partial charge >= 0.3 is 12.2 Å². The van der Waals surface area contributed by atoms with E-state index >= 15 is 0 Å². The number of aromatic amines is 2. The maximum Gasteiger partial charge on any atom is 0.407 e. The molecule has 2 saturated heterocycles. The minimum absolute atomic E-state index is 0.0418. The van der Waals surface area contributed by atoms with Crippen LogP contribution in [0, 0.1) is 10.8 Å². The number of nitrogens with zero attached hydrogens (tertiary/aromatic N) is 4. The molecule has 14 nitrogen and oxygen atoms in total. The number of allylic oxidation sites excluding steroid dienone is 2. The topological polar surface area (TPSA) is 175 Å². The predicted octanol–water partition coefficient (Wildman–Crippen LogP) is 7.19. The average molecular weight is 785 g/mol. The standard InChI is InChI=1S/C43H60N8O6/c1-41(2,3)33(48-39(54)56-8)37(52)50-22-10-12-31(50)35-44-24-29(46-35)26-14-16-28(17-15-26)43(7)20-18-27(19-21-43)30-25-45-36(47-30)32-13-11-23-51(32)38(53)34(42(4,5)6)49-40(55)57-9/h14-18,24-25,31-34H,10-13,19-23H2,1-9H3,(H,44,46)(H,45,47)(H,48,54)(H,49,55)/t31-,32-,33+,34+,43?/m0/s1. The molecule has 4 N–H and O–H groups in total. The fraction of sp³-hybridized carbons (Fsp3) is 0.581. The van der Waals surface area contributed by atoms with Gasteiger partial charge in [0.25, 0.3) is 0 Å². The Morgan fingerprint density at radius 1 is 0.772 bits per heavy atom. The molecule has 3 aliphatic rings. The summed E-state index contributed by atoms with van der Waals surface area (Å²) in [4.78, 5) is 72.0. The van der Waals surface area contributed by atoms with Crippen molar-refractivity contribution in [1.82, 2.24) is 40.4 Å². The third-order valence-electron chi connectivity index (χ3n) is 12.0. The summed E-state index contributed by atoms with van der Waals surface area (Å²) in [5.41, 5.74) is 4.32. The Morgan fingerprint density at radius 3 is 1.68 bits per heavy atom. The monoisotopic (exact) mass is 784 g/mol. The van der Waals surface area contributed by atoms with E-state index in [0.717, 1.165) is 73.5 Å². The van der Waals surface area contributed by atoms with Gasteiger partial charge in [0.1, 0.15) is 23.7 Å². The van der Waals surface area contributed by atoms with Crippen LogP contribution in [0.2, 0.25) is 0 Å². The smallest absolute Gasteiger partial charge is 0.407 e. The zero-order chi connectivity index (χ0) is 41.3. The van der Waals surface area contributed by atoms with Crippen molar-refractivity contribution in [1.29, 1.82) is 0 Å². The van der Waals surface area contributed by atoms with Crippen molar-refractivity contribution in [3.05, 3.63) is 65.6 Å². The van der Waals surface area contributed by atoms with Crippen molar-refractivity contribution >= 4 is 29.6 Å². The van der Waals surface area contributed by atoms with Crippen LogP contribution >= 0.6 is 0 Å². The van der Waals surface area contributed by atoms with Crippen molar-refractivity contribution in [2.24, 2.45) is 10.8 Å².